The Morgan fingerprint density at radius 2 is 1.97 bits per heavy atom. The average Bonchev–Trinajstić information content (AvgIpc) is 3.48. The van der Waals surface area contributed by atoms with Crippen LogP contribution in [-0.4, -0.2) is 22.0 Å². The first-order valence-corrected chi connectivity index (χ1v) is 14.9. The number of nitriles is 1. The van der Waals surface area contributed by atoms with Gasteiger partial charge in [-0.1, -0.05) is 55.8 Å². The lowest BCUT2D eigenvalue weighted by molar-refractivity contribution is -0.129. The van der Waals surface area contributed by atoms with Crippen LogP contribution in [0.15, 0.2) is 47.4 Å². The molecule has 0 saturated heterocycles. The van der Waals surface area contributed by atoms with Crippen LogP contribution < -0.4 is 0 Å². The van der Waals surface area contributed by atoms with Crippen molar-refractivity contribution < 1.29 is 9.90 Å². The Labute approximate surface area is 224 Å². The van der Waals surface area contributed by atoms with E-state index in [1.54, 1.807) is 18.3 Å². The van der Waals surface area contributed by atoms with Gasteiger partial charge < -0.3 is 5.11 Å². The summed E-state index contributed by atoms with van der Waals surface area (Å²) in [6.07, 6.45) is 9.20. The minimum atomic E-state index is -0.354. The van der Waals surface area contributed by atoms with Gasteiger partial charge in [-0.2, -0.15) is 5.26 Å². The number of hydrogen-bond donors (Lipinski definition) is 1. The molecule has 0 radical (unpaired) electrons. The Bertz CT molecular complexity index is 1260. The van der Waals surface area contributed by atoms with E-state index in [0.717, 1.165) is 61.2 Å². The SMILES string of the molecule is CC(=O)[C@H]1[C@@H]([C@H](C#N)c2nc(-c3ccccc3)cs2)C[C@H]2[C@@H]3CC=C4C[C@@H](O)CC[C@]4(C)[C@H]3CC[C@@]21C. The van der Waals surface area contributed by atoms with Crippen molar-refractivity contribution in [3.05, 3.63) is 52.4 Å². The van der Waals surface area contributed by atoms with Gasteiger partial charge >= 0.3 is 0 Å². The number of aliphatic hydroxyl groups excluding tert-OH is 1. The highest BCUT2D eigenvalue weighted by molar-refractivity contribution is 7.10. The van der Waals surface area contributed by atoms with Gasteiger partial charge in [-0.15, -0.1) is 11.3 Å². The molecule has 37 heavy (non-hydrogen) atoms. The fourth-order valence-electron chi connectivity index (χ4n) is 9.34. The van der Waals surface area contributed by atoms with Crippen molar-refractivity contribution in [1.82, 2.24) is 4.98 Å². The van der Waals surface area contributed by atoms with E-state index in [0.29, 0.717) is 17.8 Å². The molecule has 3 fully saturated rings. The Morgan fingerprint density at radius 3 is 2.70 bits per heavy atom. The lowest BCUT2D eigenvalue weighted by Crippen LogP contribution is -2.51. The second-order valence-corrected chi connectivity index (χ2v) is 13.6. The van der Waals surface area contributed by atoms with Crippen molar-refractivity contribution in [3.8, 4) is 17.3 Å². The molecule has 3 saturated carbocycles. The number of thiazole rings is 1. The summed E-state index contributed by atoms with van der Waals surface area (Å²) in [4.78, 5) is 18.3. The Kier molecular flexibility index (Phi) is 6.20. The number of nitrogens with zero attached hydrogens (tertiary/aromatic N) is 2. The molecule has 1 N–H and O–H groups in total. The van der Waals surface area contributed by atoms with Crippen molar-refractivity contribution in [2.45, 2.75) is 77.7 Å². The lowest BCUT2D eigenvalue weighted by Gasteiger charge is -2.57. The number of carbonyl (C=O) groups excluding carboxylic acids is 1. The quantitative estimate of drug-likeness (QED) is 0.439. The fourth-order valence-corrected chi connectivity index (χ4v) is 10.3. The van der Waals surface area contributed by atoms with E-state index in [2.05, 4.69) is 43.5 Å². The van der Waals surface area contributed by atoms with E-state index in [4.69, 9.17) is 4.98 Å². The van der Waals surface area contributed by atoms with Gasteiger partial charge in [0.15, 0.2) is 0 Å². The predicted octanol–water partition coefficient (Wildman–Crippen LogP) is 7.17. The first-order chi connectivity index (χ1) is 17.8. The molecule has 1 aromatic heterocycles. The molecule has 0 amide bonds. The molecule has 0 spiro atoms. The highest BCUT2D eigenvalue weighted by Crippen LogP contribution is 2.68. The second kappa shape index (κ2) is 9.17. The molecular weight excluding hydrogens is 476 g/mol. The van der Waals surface area contributed by atoms with Crippen molar-refractivity contribution in [3.63, 3.8) is 0 Å². The van der Waals surface area contributed by atoms with Crippen molar-refractivity contribution in [1.29, 1.82) is 5.26 Å². The number of allylic oxidation sites excluding steroid dienone is 1. The van der Waals surface area contributed by atoms with Crippen molar-refractivity contribution >= 4 is 17.1 Å². The van der Waals surface area contributed by atoms with E-state index < -0.39 is 0 Å². The van der Waals surface area contributed by atoms with E-state index in [1.807, 2.05) is 18.2 Å². The third-order valence-corrected chi connectivity index (χ3v) is 12.0. The van der Waals surface area contributed by atoms with Crippen molar-refractivity contribution in [2.75, 3.05) is 0 Å². The van der Waals surface area contributed by atoms with E-state index in [-0.39, 0.29) is 40.5 Å². The minimum absolute atomic E-state index is 0.0115. The van der Waals surface area contributed by atoms with Gasteiger partial charge in [0.1, 0.15) is 16.7 Å². The summed E-state index contributed by atoms with van der Waals surface area (Å²) in [5.74, 6) is 1.39. The molecule has 4 nitrogen and oxygen atoms in total. The summed E-state index contributed by atoms with van der Waals surface area (Å²) in [7, 11) is 0. The first-order valence-electron chi connectivity index (χ1n) is 14.0. The van der Waals surface area contributed by atoms with Crippen LogP contribution in [0, 0.1) is 51.8 Å². The molecule has 4 aliphatic rings. The summed E-state index contributed by atoms with van der Waals surface area (Å²) in [5, 5.41) is 23.7. The molecule has 5 heteroatoms. The fraction of sp³-hybridized carbons (Fsp3) is 0.594. The van der Waals surface area contributed by atoms with Crippen LogP contribution in [-0.2, 0) is 4.79 Å². The number of aromatic nitrogens is 1. The molecule has 0 bridgehead atoms. The van der Waals surface area contributed by atoms with E-state index in [9.17, 15) is 15.2 Å². The van der Waals surface area contributed by atoms with Gasteiger partial charge in [0.25, 0.3) is 0 Å². The zero-order chi connectivity index (χ0) is 25.9. The molecule has 0 unspecified atom stereocenters. The van der Waals surface area contributed by atoms with Gasteiger partial charge in [0.2, 0.25) is 0 Å². The third-order valence-electron chi connectivity index (χ3n) is 11.0. The molecule has 4 aliphatic carbocycles. The van der Waals surface area contributed by atoms with Crippen LogP contribution in [0.2, 0.25) is 0 Å². The number of benzene rings is 1. The smallest absolute Gasteiger partial charge is 0.133 e. The monoisotopic (exact) mass is 514 g/mol. The van der Waals surface area contributed by atoms with Gasteiger partial charge in [0.05, 0.1) is 17.9 Å². The Hall–Kier alpha value is -2.29. The number of Topliss-reactive ketones (excluding diaryl/α,β-unsaturated/α-hetero) is 1. The van der Waals surface area contributed by atoms with Crippen LogP contribution in [0.25, 0.3) is 11.3 Å². The summed E-state index contributed by atoms with van der Waals surface area (Å²) in [5.41, 5.74) is 3.55. The van der Waals surface area contributed by atoms with E-state index >= 15 is 0 Å². The number of rotatable bonds is 4. The predicted molar refractivity (Wildman–Crippen MR) is 147 cm³/mol. The molecule has 9 atom stereocenters. The zero-order valence-corrected chi connectivity index (χ0v) is 23.0. The second-order valence-electron chi connectivity index (χ2n) is 12.7. The molecular formula is C32H38N2O2S. The summed E-state index contributed by atoms with van der Waals surface area (Å²) in [6.45, 7) is 6.56. The summed E-state index contributed by atoms with van der Waals surface area (Å²) >= 11 is 1.57. The largest absolute Gasteiger partial charge is 0.393 e. The maximum absolute atomic E-state index is 13.3. The molecule has 2 aromatic rings. The Balaban J connectivity index is 1.34. The normalized spacial score (nSPS) is 39.5. The van der Waals surface area contributed by atoms with Gasteiger partial charge in [-0.3, -0.25) is 4.79 Å². The zero-order valence-electron chi connectivity index (χ0n) is 22.2. The molecule has 194 valence electrons. The molecule has 1 aromatic carbocycles. The Morgan fingerprint density at radius 1 is 1.19 bits per heavy atom. The molecule has 6 rings (SSSR count). The van der Waals surface area contributed by atoms with E-state index in [1.165, 1.54) is 5.57 Å². The van der Waals surface area contributed by atoms with Gasteiger partial charge in [0, 0.05) is 16.9 Å². The summed E-state index contributed by atoms with van der Waals surface area (Å²) in [6, 6.07) is 12.8. The highest BCUT2D eigenvalue weighted by atomic mass is 32.1. The molecule has 0 aliphatic heterocycles. The van der Waals surface area contributed by atoms with Crippen LogP contribution in [0.3, 0.4) is 0 Å². The highest BCUT2D eigenvalue weighted by Gasteiger charge is 2.63. The number of hydrogen-bond acceptors (Lipinski definition) is 5. The van der Waals surface area contributed by atoms with Crippen LogP contribution in [0.1, 0.15) is 76.6 Å². The lowest BCUT2D eigenvalue weighted by atomic mass is 9.47. The average molecular weight is 515 g/mol. The number of ketones is 1. The van der Waals surface area contributed by atoms with Crippen LogP contribution in [0.5, 0.6) is 0 Å². The molecule has 1 heterocycles. The van der Waals surface area contributed by atoms with Gasteiger partial charge in [-0.05, 0) is 86.4 Å². The van der Waals surface area contributed by atoms with Gasteiger partial charge in [-0.25, -0.2) is 4.98 Å². The number of carbonyl (C=O) groups is 1. The topological polar surface area (TPSA) is 74.0 Å². The maximum Gasteiger partial charge on any atom is 0.133 e. The number of aliphatic hydroxyl groups is 1. The minimum Gasteiger partial charge on any atom is -0.393 e. The summed E-state index contributed by atoms with van der Waals surface area (Å²) < 4.78 is 0. The standard InChI is InChI=1S/C32H38N2O2S/c1-19(35)29-24(25(17-33)30-34-28(18-37-30)20-7-5-4-6-8-20)16-27-23-10-9-21-15-22(36)11-13-31(21,2)26(23)12-14-32(27,29)3/h4-9,18,22-27,29,36H,10-16H2,1-3H3/t22-,23+,24+,25-,26-,27-,29-,31-,32-/m0/s1. The van der Waals surface area contributed by atoms with Crippen LogP contribution >= 0.6 is 11.3 Å². The maximum atomic E-state index is 13.3. The number of fused-ring (bicyclic) bond motifs is 5. The van der Waals surface area contributed by atoms with Crippen molar-refractivity contribution in [2.24, 2.45) is 40.4 Å². The van der Waals surface area contributed by atoms with Crippen LogP contribution in [0.4, 0.5) is 0 Å². The first kappa shape index (κ1) is 25.0. The third kappa shape index (κ3) is 3.86.